The van der Waals surface area contributed by atoms with Gasteiger partial charge in [0.2, 0.25) is 11.8 Å². The predicted octanol–water partition coefficient (Wildman–Crippen LogP) is 5.89. The molecule has 284 valence electrons. The van der Waals surface area contributed by atoms with Crippen molar-refractivity contribution >= 4 is 69.2 Å². The van der Waals surface area contributed by atoms with Gasteiger partial charge in [0.1, 0.15) is 12.1 Å². The number of H-pyrrole nitrogens is 1. The van der Waals surface area contributed by atoms with E-state index in [0.717, 1.165) is 41.7 Å². The monoisotopic (exact) mass is 791 g/mol. The van der Waals surface area contributed by atoms with E-state index in [1.807, 2.05) is 36.4 Å². The molecule has 1 saturated heterocycles. The summed E-state index contributed by atoms with van der Waals surface area (Å²) in [6.07, 6.45) is 8.48. The summed E-state index contributed by atoms with van der Waals surface area (Å²) in [5, 5.41) is 14.2. The number of fused-ring (bicyclic) bond motifs is 1. The highest BCUT2D eigenvalue weighted by Crippen LogP contribution is 2.31. The number of nitrogens with zero attached hydrogens (tertiary/aromatic N) is 3. The van der Waals surface area contributed by atoms with Crippen LogP contribution in [0.15, 0.2) is 79.4 Å². The Kier molecular flexibility index (Phi) is 13.5. The summed E-state index contributed by atoms with van der Waals surface area (Å²) in [7, 11) is 0. The molecule has 3 aromatic carbocycles. The molecule has 0 spiro atoms. The van der Waals surface area contributed by atoms with E-state index in [1.54, 1.807) is 30.5 Å². The number of carbonyl (C=O) groups is 3. The van der Waals surface area contributed by atoms with Crippen LogP contribution in [0.1, 0.15) is 41.6 Å². The number of imidazole rings is 1. The summed E-state index contributed by atoms with van der Waals surface area (Å²) in [6.45, 7) is 4.12. The Balaban J connectivity index is 1.23. The van der Waals surface area contributed by atoms with Gasteiger partial charge in [-0.25, -0.2) is 9.78 Å². The maximum Gasteiger partial charge on any atom is 0.319 e. The number of urea groups is 1. The zero-order valence-electron chi connectivity index (χ0n) is 29.7. The molecular weight excluding hydrogens is 749 g/mol. The van der Waals surface area contributed by atoms with Crippen LogP contribution in [-0.4, -0.2) is 75.5 Å². The molecule has 7 N–H and O–H groups in total. The van der Waals surface area contributed by atoms with Crippen LogP contribution in [0.2, 0.25) is 15.1 Å². The highest BCUT2D eigenvalue weighted by Gasteiger charge is 2.28. The van der Waals surface area contributed by atoms with Crippen LogP contribution in [0.3, 0.4) is 0 Å². The second-order valence-electron chi connectivity index (χ2n) is 13.5. The summed E-state index contributed by atoms with van der Waals surface area (Å²) in [6, 6.07) is 15.7. The van der Waals surface area contributed by atoms with Gasteiger partial charge in [-0.3, -0.25) is 14.5 Å². The van der Waals surface area contributed by atoms with Crippen molar-refractivity contribution in [1.82, 2.24) is 35.4 Å². The van der Waals surface area contributed by atoms with Crippen LogP contribution in [0.5, 0.6) is 0 Å². The quantitative estimate of drug-likeness (QED) is 0.0683. The second kappa shape index (κ2) is 18.6. The van der Waals surface area contributed by atoms with Gasteiger partial charge in [-0.1, -0.05) is 59.1 Å². The Bertz CT molecular complexity index is 2030. The fourth-order valence-corrected chi connectivity index (χ4v) is 7.31. The molecule has 1 aliphatic rings. The first-order valence-corrected chi connectivity index (χ1v) is 19.1. The maximum absolute atomic E-state index is 13.9. The summed E-state index contributed by atoms with van der Waals surface area (Å²) in [5.74, 6) is -0.911. The van der Waals surface area contributed by atoms with E-state index in [-0.39, 0.29) is 18.7 Å². The van der Waals surface area contributed by atoms with Crippen molar-refractivity contribution in [2.75, 3.05) is 31.5 Å². The van der Waals surface area contributed by atoms with Crippen LogP contribution >= 0.6 is 34.8 Å². The molecule has 1 fully saturated rings. The Morgan fingerprint density at radius 2 is 1.63 bits per heavy atom. The van der Waals surface area contributed by atoms with Gasteiger partial charge in [0.25, 0.3) is 0 Å². The number of hydrogen-bond donors (Lipinski definition) is 6. The smallest absolute Gasteiger partial charge is 0.319 e. The van der Waals surface area contributed by atoms with E-state index in [4.69, 9.17) is 40.5 Å². The van der Waals surface area contributed by atoms with Gasteiger partial charge in [0, 0.05) is 75.7 Å². The first kappa shape index (κ1) is 39.1. The molecule has 2 aromatic heterocycles. The highest BCUT2D eigenvalue weighted by molar-refractivity contribution is 6.36. The van der Waals surface area contributed by atoms with E-state index < -0.39 is 24.0 Å². The summed E-state index contributed by atoms with van der Waals surface area (Å²) >= 11 is 19.3. The van der Waals surface area contributed by atoms with Crippen molar-refractivity contribution in [1.29, 1.82) is 0 Å². The lowest BCUT2D eigenvalue weighted by atomic mass is 10.0. The van der Waals surface area contributed by atoms with Gasteiger partial charge < -0.3 is 36.6 Å². The fraction of sp³-hybridized carbons (Fsp3) is 0.333. The maximum atomic E-state index is 13.9. The van der Waals surface area contributed by atoms with E-state index in [9.17, 15) is 14.4 Å². The minimum atomic E-state index is -1.05. The van der Waals surface area contributed by atoms with Crippen LogP contribution in [0, 0.1) is 0 Å². The number of likely N-dealkylation sites (tertiary alicyclic amines) is 1. The summed E-state index contributed by atoms with van der Waals surface area (Å²) < 4.78 is 2.10. The van der Waals surface area contributed by atoms with Crippen molar-refractivity contribution in [3.05, 3.63) is 117 Å². The molecule has 1 aliphatic heterocycles. The van der Waals surface area contributed by atoms with Crippen molar-refractivity contribution in [3.8, 4) is 0 Å². The van der Waals surface area contributed by atoms with Gasteiger partial charge in [0.15, 0.2) is 0 Å². The number of nitrogens with one attached hydrogen (secondary N) is 5. The molecule has 3 heterocycles. The molecule has 4 amide bonds. The number of nitrogens with two attached hydrogens (primary N) is 1. The van der Waals surface area contributed by atoms with E-state index in [2.05, 4.69) is 46.9 Å². The van der Waals surface area contributed by atoms with Crippen molar-refractivity contribution in [2.45, 2.75) is 57.3 Å². The molecule has 0 unspecified atom stereocenters. The lowest BCUT2D eigenvalue weighted by molar-refractivity contribution is -0.129. The minimum Gasteiger partial charge on any atom is -0.354 e. The van der Waals surface area contributed by atoms with Gasteiger partial charge >= 0.3 is 6.03 Å². The van der Waals surface area contributed by atoms with E-state index in [0.29, 0.717) is 52.5 Å². The summed E-state index contributed by atoms with van der Waals surface area (Å²) in [5.41, 5.74) is 10.4. The number of benzene rings is 3. The molecule has 0 aliphatic carbocycles. The number of amides is 4. The first-order valence-electron chi connectivity index (χ1n) is 18.0. The van der Waals surface area contributed by atoms with E-state index >= 15 is 0 Å². The molecule has 5 aromatic rings. The minimum absolute atomic E-state index is 0.141. The zero-order chi connectivity index (χ0) is 38.0. The average Bonchev–Trinajstić information content (AvgIpc) is 3.93. The third kappa shape index (κ3) is 10.3. The molecule has 2 atom stereocenters. The predicted molar refractivity (Wildman–Crippen MR) is 214 cm³/mol. The molecule has 0 saturated carbocycles. The summed E-state index contributed by atoms with van der Waals surface area (Å²) in [4.78, 5) is 50.3. The number of anilines is 1. The van der Waals surface area contributed by atoms with Crippen LogP contribution in [0.25, 0.3) is 10.9 Å². The third-order valence-corrected chi connectivity index (χ3v) is 10.4. The number of carbonyl (C=O) groups excluding carboxylic acids is 3. The van der Waals surface area contributed by atoms with Gasteiger partial charge in [0.05, 0.1) is 18.4 Å². The van der Waals surface area contributed by atoms with Gasteiger partial charge in [-0.2, -0.15) is 0 Å². The van der Waals surface area contributed by atoms with Gasteiger partial charge in [-0.15, -0.1) is 0 Å². The molecule has 0 bridgehead atoms. The normalized spacial score (nSPS) is 14.1. The van der Waals surface area contributed by atoms with Crippen molar-refractivity contribution in [3.63, 3.8) is 0 Å². The Hall–Kier alpha value is -4.59. The lowest BCUT2D eigenvalue weighted by Gasteiger charge is -2.23. The standard InChI is InChI=1S/C39H44Cl3N9O3/c40-27-9-7-25(8-10-27)17-34(38(53)48-35(18-29-20-44-24-46-29)37(52)45-14-4-13-43)49-39(54)47-28-11-12-30-26(21-50-15-1-2-16-50)22-51(36(30)19-28)23-31-32(41)5-3-6-33(31)42/h3,5-12,19-20,22,24,34-35H,1-2,4,13-18,21,23,43H2,(H,44,46)(H,45,52)(H,48,53)(H2,47,49,54)/t34-,35-/m0/s1. The fourth-order valence-electron chi connectivity index (χ4n) is 6.66. The first-order chi connectivity index (χ1) is 26.2. The lowest BCUT2D eigenvalue weighted by Crippen LogP contribution is -2.55. The Morgan fingerprint density at radius 3 is 2.33 bits per heavy atom. The van der Waals surface area contributed by atoms with Crippen LogP contribution < -0.4 is 27.0 Å². The molecule has 0 radical (unpaired) electrons. The number of rotatable bonds is 16. The molecular formula is C39H44Cl3N9O3. The largest absolute Gasteiger partial charge is 0.354 e. The number of hydrogen-bond acceptors (Lipinski definition) is 6. The zero-order valence-corrected chi connectivity index (χ0v) is 32.0. The molecule has 54 heavy (non-hydrogen) atoms. The number of aromatic nitrogens is 3. The van der Waals surface area contributed by atoms with Gasteiger partial charge in [-0.05, 0) is 86.4 Å². The highest BCUT2D eigenvalue weighted by atomic mass is 35.5. The van der Waals surface area contributed by atoms with Crippen molar-refractivity contribution in [2.24, 2.45) is 5.73 Å². The topological polar surface area (TPSA) is 162 Å². The van der Waals surface area contributed by atoms with Crippen LogP contribution in [0.4, 0.5) is 10.5 Å². The SMILES string of the molecule is NCCCNC(=O)[C@H](Cc1cnc[nH]1)NC(=O)[C@H](Cc1ccc(Cl)cc1)NC(=O)Nc1ccc2c(CN3CCCC3)cn(Cc3c(Cl)cccc3Cl)c2c1. The average molecular weight is 793 g/mol. The number of halogens is 3. The number of aromatic amines is 1. The molecule has 12 nitrogen and oxygen atoms in total. The van der Waals surface area contributed by atoms with Crippen molar-refractivity contribution < 1.29 is 14.4 Å². The second-order valence-corrected chi connectivity index (χ2v) is 14.7. The van der Waals surface area contributed by atoms with Crippen LogP contribution in [-0.2, 0) is 35.5 Å². The third-order valence-electron chi connectivity index (χ3n) is 9.47. The van der Waals surface area contributed by atoms with E-state index in [1.165, 1.54) is 24.7 Å². The Labute approximate surface area is 329 Å². The molecule has 15 heteroatoms. The molecule has 6 rings (SSSR count). The Morgan fingerprint density at radius 1 is 0.889 bits per heavy atom.